The molecule has 21 heavy (non-hydrogen) atoms. The van der Waals surface area contributed by atoms with E-state index >= 15 is 0 Å². The Balaban J connectivity index is 2.38. The molecule has 0 N–H and O–H groups in total. The summed E-state index contributed by atoms with van der Waals surface area (Å²) in [6.07, 6.45) is -4.20. The summed E-state index contributed by atoms with van der Waals surface area (Å²) in [7, 11) is 0. The molecule has 0 unspecified atom stereocenters. The van der Waals surface area contributed by atoms with Gasteiger partial charge in [0.05, 0.1) is 5.52 Å². The summed E-state index contributed by atoms with van der Waals surface area (Å²) in [5.41, 5.74) is -1.77. The van der Waals surface area contributed by atoms with Crippen molar-refractivity contribution in [1.29, 1.82) is 0 Å². The zero-order chi connectivity index (χ0) is 17.7. The van der Waals surface area contributed by atoms with Gasteiger partial charge in [0.25, 0.3) is 0 Å². The fourth-order valence-electron chi connectivity index (χ4n) is 1.99. The SMILES string of the molecule is [2H]C([2H])([2H])n1nc(-c2nc(Cl)ncc2C(F)(F)F)c2ccccc21. The van der Waals surface area contributed by atoms with Crippen molar-refractivity contribution in [2.45, 2.75) is 6.18 Å². The number of fused-ring (bicyclic) bond motifs is 1. The van der Waals surface area contributed by atoms with Gasteiger partial charge < -0.3 is 0 Å². The Morgan fingerprint density at radius 2 is 2.00 bits per heavy atom. The van der Waals surface area contributed by atoms with Gasteiger partial charge in [-0.25, -0.2) is 9.97 Å². The van der Waals surface area contributed by atoms with Gasteiger partial charge in [0, 0.05) is 22.7 Å². The lowest BCUT2D eigenvalue weighted by molar-refractivity contribution is -0.137. The molecular weight excluding hydrogens is 305 g/mol. The monoisotopic (exact) mass is 315 g/mol. The molecule has 3 aromatic rings. The first-order valence-electron chi connectivity index (χ1n) is 7.17. The molecule has 0 saturated heterocycles. The molecule has 4 nitrogen and oxygen atoms in total. The predicted molar refractivity (Wildman–Crippen MR) is 71.8 cm³/mol. The second-order valence-corrected chi connectivity index (χ2v) is 4.51. The maximum Gasteiger partial charge on any atom is 0.420 e. The zero-order valence-electron chi connectivity index (χ0n) is 13.2. The summed E-state index contributed by atoms with van der Waals surface area (Å²) < 4.78 is 62.9. The van der Waals surface area contributed by atoms with Gasteiger partial charge in [0.1, 0.15) is 17.0 Å². The van der Waals surface area contributed by atoms with E-state index in [9.17, 15) is 13.2 Å². The van der Waals surface area contributed by atoms with E-state index < -0.39 is 29.7 Å². The fraction of sp³-hybridized carbons (Fsp3) is 0.154. The number of aryl methyl sites for hydroxylation is 1. The number of hydrogen-bond acceptors (Lipinski definition) is 3. The van der Waals surface area contributed by atoms with E-state index in [4.69, 9.17) is 15.7 Å². The highest BCUT2D eigenvalue weighted by Gasteiger charge is 2.36. The summed E-state index contributed by atoms with van der Waals surface area (Å²) in [5.74, 6) is 0. The molecule has 0 radical (unpaired) electrons. The fourth-order valence-corrected chi connectivity index (χ4v) is 2.12. The lowest BCUT2D eigenvalue weighted by Gasteiger charge is -2.10. The molecule has 3 rings (SSSR count). The topological polar surface area (TPSA) is 43.6 Å². The van der Waals surface area contributed by atoms with Crippen molar-refractivity contribution in [3.8, 4) is 11.4 Å². The van der Waals surface area contributed by atoms with Crippen molar-refractivity contribution in [3.05, 3.63) is 41.3 Å². The molecule has 0 aliphatic heterocycles. The van der Waals surface area contributed by atoms with Crippen LogP contribution in [-0.2, 0) is 13.2 Å². The molecule has 0 atom stereocenters. The summed E-state index contributed by atoms with van der Waals surface area (Å²) in [4.78, 5) is 6.99. The lowest BCUT2D eigenvalue weighted by Crippen LogP contribution is -2.10. The van der Waals surface area contributed by atoms with E-state index in [0.717, 1.165) is 0 Å². The average Bonchev–Trinajstić information content (AvgIpc) is 2.85. The van der Waals surface area contributed by atoms with Gasteiger partial charge in [0.15, 0.2) is 0 Å². The first-order valence-corrected chi connectivity index (χ1v) is 6.05. The minimum atomic E-state index is -4.75. The van der Waals surface area contributed by atoms with E-state index in [0.29, 0.717) is 10.9 Å². The summed E-state index contributed by atoms with van der Waals surface area (Å²) >= 11 is 5.63. The summed E-state index contributed by atoms with van der Waals surface area (Å²) in [5, 5.41) is 3.67. The highest BCUT2D eigenvalue weighted by atomic mass is 35.5. The van der Waals surface area contributed by atoms with E-state index in [-0.39, 0.29) is 16.6 Å². The van der Waals surface area contributed by atoms with Crippen LogP contribution < -0.4 is 0 Å². The van der Waals surface area contributed by atoms with Gasteiger partial charge in [-0.05, 0) is 17.7 Å². The van der Waals surface area contributed by atoms with E-state index in [2.05, 4.69) is 15.1 Å². The molecule has 8 heteroatoms. The Morgan fingerprint density at radius 1 is 1.24 bits per heavy atom. The van der Waals surface area contributed by atoms with Gasteiger partial charge in [-0.3, -0.25) is 4.68 Å². The molecule has 2 aromatic heterocycles. The molecule has 0 aliphatic carbocycles. The summed E-state index contributed by atoms with van der Waals surface area (Å²) in [6, 6.07) is 6.05. The normalized spacial score (nSPS) is 14.8. The number of aromatic nitrogens is 4. The Kier molecular flexibility index (Phi) is 2.36. The van der Waals surface area contributed by atoms with E-state index in [1.807, 2.05) is 0 Å². The highest BCUT2D eigenvalue weighted by Crippen LogP contribution is 2.37. The summed E-state index contributed by atoms with van der Waals surface area (Å²) in [6.45, 7) is -2.66. The number of benzene rings is 1. The largest absolute Gasteiger partial charge is 0.420 e. The van der Waals surface area contributed by atoms with Gasteiger partial charge in [-0.1, -0.05) is 18.2 Å². The number of hydrogen-bond donors (Lipinski definition) is 0. The number of para-hydroxylation sites is 1. The van der Waals surface area contributed by atoms with Gasteiger partial charge in [-0.15, -0.1) is 0 Å². The zero-order valence-corrected chi connectivity index (χ0v) is 10.9. The van der Waals surface area contributed by atoms with Crippen molar-refractivity contribution in [3.63, 3.8) is 0 Å². The van der Waals surface area contributed by atoms with Crippen LogP contribution in [0.4, 0.5) is 13.2 Å². The first-order chi connectivity index (χ1) is 11.1. The molecular formula is C13H8ClF3N4. The van der Waals surface area contributed by atoms with Crippen LogP contribution in [-0.4, -0.2) is 19.7 Å². The van der Waals surface area contributed by atoms with Crippen molar-refractivity contribution >= 4 is 22.5 Å². The highest BCUT2D eigenvalue weighted by molar-refractivity contribution is 6.28. The smallest absolute Gasteiger partial charge is 0.267 e. The molecule has 0 spiro atoms. The maximum atomic E-state index is 13.2. The number of nitrogens with zero attached hydrogens (tertiary/aromatic N) is 4. The third-order valence-corrected chi connectivity index (χ3v) is 3.06. The van der Waals surface area contributed by atoms with Crippen molar-refractivity contribution in [2.75, 3.05) is 0 Å². The molecule has 0 saturated carbocycles. The van der Waals surface area contributed by atoms with Crippen LogP contribution in [0, 0.1) is 0 Å². The molecule has 2 heterocycles. The van der Waals surface area contributed by atoms with Crippen LogP contribution in [0.3, 0.4) is 0 Å². The van der Waals surface area contributed by atoms with Crippen LogP contribution in [0.1, 0.15) is 9.68 Å². The first kappa shape index (κ1) is 10.6. The predicted octanol–water partition coefficient (Wildman–Crippen LogP) is 3.70. The van der Waals surface area contributed by atoms with Crippen molar-refractivity contribution in [1.82, 2.24) is 19.7 Å². The van der Waals surface area contributed by atoms with Crippen LogP contribution in [0.2, 0.25) is 5.28 Å². The minimum absolute atomic E-state index is 0.162. The van der Waals surface area contributed by atoms with Crippen LogP contribution >= 0.6 is 11.6 Å². The lowest BCUT2D eigenvalue weighted by atomic mass is 10.1. The molecule has 108 valence electrons. The number of rotatable bonds is 1. The minimum Gasteiger partial charge on any atom is -0.267 e. The second kappa shape index (κ2) is 4.70. The molecule has 0 amide bonds. The second-order valence-electron chi connectivity index (χ2n) is 4.18. The molecule has 0 fully saturated rings. The average molecular weight is 316 g/mol. The third-order valence-electron chi connectivity index (χ3n) is 2.88. The number of alkyl halides is 3. The maximum absolute atomic E-state index is 13.2. The van der Waals surface area contributed by atoms with Gasteiger partial charge in [0.2, 0.25) is 5.28 Å². The standard InChI is InChI=1S/C13H8ClF3N4/c1-21-9-5-3-2-4-7(9)10(20-21)11-8(13(15,16)17)6-18-12(14)19-11/h2-6H,1H3/i1D3. The van der Waals surface area contributed by atoms with Crippen LogP contribution in [0.5, 0.6) is 0 Å². The molecule has 0 aliphatic rings. The van der Waals surface area contributed by atoms with E-state index in [1.165, 1.54) is 12.1 Å². The number of halogens is 4. The Morgan fingerprint density at radius 3 is 2.71 bits per heavy atom. The Bertz CT molecular complexity index is 921. The van der Waals surface area contributed by atoms with Crippen LogP contribution in [0.15, 0.2) is 30.5 Å². The van der Waals surface area contributed by atoms with Crippen molar-refractivity contribution < 1.29 is 17.3 Å². The molecule has 1 aromatic carbocycles. The quantitative estimate of drug-likeness (QED) is 0.643. The van der Waals surface area contributed by atoms with Gasteiger partial charge >= 0.3 is 6.18 Å². The molecule has 0 bridgehead atoms. The van der Waals surface area contributed by atoms with Gasteiger partial charge in [-0.2, -0.15) is 18.3 Å². The van der Waals surface area contributed by atoms with Crippen molar-refractivity contribution in [2.24, 2.45) is 6.98 Å². The Labute approximate surface area is 126 Å². The van der Waals surface area contributed by atoms with E-state index in [1.54, 1.807) is 12.1 Å². The Hall–Kier alpha value is -2.15. The third kappa shape index (κ3) is 2.33. The van der Waals surface area contributed by atoms with Crippen LogP contribution in [0.25, 0.3) is 22.3 Å².